The number of methoxy groups -OCH3 is 1. The number of carbonyl (C=O) groups is 2. The number of carboxylic acid groups (broad SMARTS) is 1. The SMILES string of the molecule is COC(=O)CCc1ccc(Oc2cccc(Br)c2C)cc1C.Cc1cc(Oc2cccc(Oc3ccc(Cl)cc3Oc3ccccc3)c2C)ccc1CCC(=O)O. The molecule has 0 radical (unpaired) electrons. The lowest BCUT2D eigenvalue weighted by molar-refractivity contribution is -0.140. The molecular weight excluding hydrogens is 808 g/mol. The van der Waals surface area contributed by atoms with Gasteiger partial charge in [0.2, 0.25) is 0 Å². The monoisotopic (exact) mass is 850 g/mol. The van der Waals surface area contributed by atoms with Crippen molar-refractivity contribution in [1.29, 1.82) is 0 Å². The van der Waals surface area contributed by atoms with Crippen LogP contribution in [0.25, 0.3) is 0 Å². The molecule has 0 aliphatic carbocycles. The molecule has 0 saturated heterocycles. The number of aliphatic carboxylic acids is 1. The van der Waals surface area contributed by atoms with Crippen LogP contribution in [0.4, 0.5) is 0 Å². The number of hydrogen-bond donors (Lipinski definition) is 1. The molecule has 0 unspecified atom stereocenters. The first-order valence-electron chi connectivity index (χ1n) is 18.3. The summed E-state index contributed by atoms with van der Waals surface area (Å²) in [4.78, 5) is 22.1. The predicted octanol–water partition coefficient (Wildman–Crippen LogP) is 13.3. The fourth-order valence-corrected chi connectivity index (χ4v) is 6.26. The molecule has 0 aliphatic rings. The molecule has 0 amide bonds. The van der Waals surface area contributed by atoms with Crippen LogP contribution < -0.4 is 18.9 Å². The Morgan fingerprint density at radius 1 is 0.561 bits per heavy atom. The van der Waals surface area contributed by atoms with Gasteiger partial charge in [-0.25, -0.2) is 0 Å². The van der Waals surface area contributed by atoms with Crippen LogP contribution in [0.5, 0.6) is 46.0 Å². The largest absolute Gasteiger partial charge is 0.481 e. The van der Waals surface area contributed by atoms with E-state index in [1.165, 1.54) is 7.11 Å². The van der Waals surface area contributed by atoms with Crippen molar-refractivity contribution in [3.63, 3.8) is 0 Å². The highest BCUT2D eigenvalue weighted by atomic mass is 79.9. The van der Waals surface area contributed by atoms with Gasteiger partial charge in [-0.05, 0) is 136 Å². The molecule has 6 aromatic rings. The summed E-state index contributed by atoms with van der Waals surface area (Å²) in [6, 6.07) is 37.7. The Morgan fingerprint density at radius 2 is 1.11 bits per heavy atom. The maximum atomic E-state index is 11.2. The number of carboxylic acids is 1. The second-order valence-electron chi connectivity index (χ2n) is 13.2. The molecule has 10 heteroatoms. The van der Waals surface area contributed by atoms with Gasteiger partial charge in [0.15, 0.2) is 11.5 Å². The zero-order valence-corrected chi connectivity index (χ0v) is 34.8. The van der Waals surface area contributed by atoms with Crippen molar-refractivity contribution in [1.82, 2.24) is 0 Å². The number of hydrogen-bond acceptors (Lipinski definition) is 7. The van der Waals surface area contributed by atoms with Gasteiger partial charge in [-0.3, -0.25) is 9.59 Å². The second kappa shape index (κ2) is 20.4. The van der Waals surface area contributed by atoms with E-state index >= 15 is 0 Å². The molecule has 0 bridgehead atoms. The van der Waals surface area contributed by atoms with Gasteiger partial charge < -0.3 is 28.8 Å². The van der Waals surface area contributed by atoms with Gasteiger partial charge in [0.1, 0.15) is 34.5 Å². The first kappa shape index (κ1) is 42.4. The lowest BCUT2D eigenvalue weighted by Crippen LogP contribution is -2.02. The van der Waals surface area contributed by atoms with Crippen LogP contribution in [0.2, 0.25) is 5.02 Å². The average Bonchev–Trinajstić information content (AvgIpc) is 3.19. The fourth-order valence-electron chi connectivity index (χ4n) is 5.75. The standard InChI is InChI=1S/C29H25ClO5.C18H19BrO3/c1-19-17-24(14-11-21(19)12-16-29(31)32)34-25-9-6-10-26(20(25)2)35-27-15-13-22(30)18-28(27)33-23-7-4-3-5-8-23;1-12-11-15(9-7-14(12)8-10-18(20)21-3)22-17-6-4-5-16(19)13(17)2/h3-11,13-15,17-18H,12,16H2,1-2H3,(H,31,32);4-7,9,11H,8,10H2,1-3H3. The summed E-state index contributed by atoms with van der Waals surface area (Å²) in [7, 11) is 1.41. The van der Waals surface area contributed by atoms with Gasteiger partial charge in [-0.1, -0.05) is 70.0 Å². The molecule has 0 saturated carbocycles. The van der Waals surface area contributed by atoms with Crippen LogP contribution in [0, 0.1) is 27.7 Å². The van der Waals surface area contributed by atoms with E-state index in [2.05, 4.69) is 20.7 Å². The average molecular weight is 852 g/mol. The topological polar surface area (TPSA) is 101 Å². The van der Waals surface area contributed by atoms with Crippen molar-refractivity contribution < 1.29 is 38.4 Å². The molecule has 0 aromatic heterocycles. The molecule has 0 spiro atoms. The summed E-state index contributed by atoms with van der Waals surface area (Å²) in [6.45, 7) is 7.90. The Kier molecular flexibility index (Phi) is 15.2. The minimum atomic E-state index is -0.810. The van der Waals surface area contributed by atoms with E-state index < -0.39 is 5.97 Å². The minimum Gasteiger partial charge on any atom is -0.481 e. The zero-order chi connectivity index (χ0) is 40.9. The molecule has 0 aliphatic heterocycles. The first-order chi connectivity index (χ1) is 27.4. The number of carbonyl (C=O) groups excluding carboxylic acids is 1. The van der Waals surface area contributed by atoms with Gasteiger partial charge >= 0.3 is 11.9 Å². The van der Waals surface area contributed by atoms with Crippen molar-refractivity contribution in [2.45, 2.75) is 53.4 Å². The lowest BCUT2D eigenvalue weighted by atomic mass is 10.0. The van der Waals surface area contributed by atoms with Crippen molar-refractivity contribution >= 4 is 39.5 Å². The highest BCUT2D eigenvalue weighted by Crippen LogP contribution is 2.40. The number of benzene rings is 6. The van der Waals surface area contributed by atoms with Gasteiger partial charge in [-0.2, -0.15) is 0 Å². The molecule has 0 atom stereocenters. The van der Waals surface area contributed by atoms with Crippen molar-refractivity contribution in [3.05, 3.63) is 164 Å². The van der Waals surface area contributed by atoms with Crippen molar-refractivity contribution in [2.24, 2.45) is 0 Å². The van der Waals surface area contributed by atoms with E-state index in [1.807, 2.05) is 131 Å². The maximum Gasteiger partial charge on any atom is 0.305 e. The third kappa shape index (κ3) is 12.4. The summed E-state index contributed by atoms with van der Waals surface area (Å²) in [5.74, 6) is 4.27. The Morgan fingerprint density at radius 3 is 1.68 bits per heavy atom. The Hall–Kier alpha value is -5.77. The fraction of sp³-hybridized carbons (Fsp3) is 0.191. The summed E-state index contributed by atoms with van der Waals surface area (Å²) < 4.78 is 30.0. The van der Waals surface area contributed by atoms with E-state index in [1.54, 1.807) is 18.2 Å². The normalized spacial score (nSPS) is 10.5. The second-order valence-corrected chi connectivity index (χ2v) is 14.5. The molecule has 294 valence electrons. The number of rotatable bonds is 14. The van der Waals surface area contributed by atoms with Gasteiger partial charge in [-0.15, -0.1) is 0 Å². The van der Waals surface area contributed by atoms with Gasteiger partial charge in [0.25, 0.3) is 0 Å². The summed E-state index contributed by atoms with van der Waals surface area (Å²) in [5.41, 5.74) is 6.09. The molecule has 57 heavy (non-hydrogen) atoms. The van der Waals surface area contributed by atoms with Gasteiger partial charge in [0.05, 0.1) is 7.11 Å². The van der Waals surface area contributed by atoms with E-state index in [4.69, 9.17) is 35.7 Å². The van der Waals surface area contributed by atoms with E-state index in [9.17, 15) is 9.59 Å². The molecule has 0 fully saturated rings. The smallest absolute Gasteiger partial charge is 0.305 e. The predicted molar refractivity (Wildman–Crippen MR) is 227 cm³/mol. The number of esters is 1. The third-order valence-corrected chi connectivity index (χ3v) is 10.2. The molecule has 6 aromatic carbocycles. The molecule has 0 heterocycles. The first-order valence-corrected chi connectivity index (χ1v) is 19.5. The lowest BCUT2D eigenvalue weighted by Gasteiger charge is -2.16. The summed E-state index contributed by atoms with van der Waals surface area (Å²) in [5, 5.41) is 9.47. The molecule has 6 rings (SSSR count). The number of para-hydroxylation sites is 1. The minimum absolute atomic E-state index is 0.0974. The molecule has 8 nitrogen and oxygen atoms in total. The maximum absolute atomic E-state index is 11.2. The molecular formula is C47H44BrClO8. The van der Waals surface area contributed by atoms with Crippen LogP contribution in [-0.2, 0) is 27.2 Å². The summed E-state index contributed by atoms with van der Waals surface area (Å²) in [6.07, 6.45) is 1.65. The highest BCUT2D eigenvalue weighted by Gasteiger charge is 2.14. The van der Waals surface area contributed by atoms with Gasteiger partial charge in [0, 0.05) is 39.5 Å². The zero-order valence-electron chi connectivity index (χ0n) is 32.4. The number of halogens is 2. The summed E-state index contributed by atoms with van der Waals surface area (Å²) >= 11 is 9.71. The number of ether oxygens (including phenoxy) is 5. The van der Waals surface area contributed by atoms with Crippen molar-refractivity contribution in [2.75, 3.05) is 7.11 Å². The Labute approximate surface area is 347 Å². The Balaban J connectivity index is 0.000000242. The van der Waals surface area contributed by atoms with Crippen LogP contribution in [-0.4, -0.2) is 24.2 Å². The van der Waals surface area contributed by atoms with Crippen LogP contribution in [0.1, 0.15) is 46.2 Å². The van der Waals surface area contributed by atoms with E-state index in [-0.39, 0.29) is 12.4 Å². The third-order valence-electron chi connectivity index (χ3n) is 9.07. The van der Waals surface area contributed by atoms with Crippen LogP contribution in [0.15, 0.2) is 126 Å². The number of aryl methyl sites for hydroxylation is 4. The highest BCUT2D eigenvalue weighted by molar-refractivity contribution is 9.10. The molecule has 1 N–H and O–H groups in total. The van der Waals surface area contributed by atoms with Crippen molar-refractivity contribution in [3.8, 4) is 46.0 Å². The van der Waals surface area contributed by atoms with E-state index in [0.717, 1.165) is 49.4 Å². The Bertz CT molecular complexity index is 2330. The van der Waals surface area contributed by atoms with Crippen LogP contribution >= 0.6 is 27.5 Å². The van der Waals surface area contributed by atoms with E-state index in [0.29, 0.717) is 58.8 Å². The quantitative estimate of drug-likeness (QED) is 0.108. The van der Waals surface area contributed by atoms with Crippen LogP contribution in [0.3, 0.4) is 0 Å².